The van der Waals surface area contributed by atoms with Crippen LogP contribution in [0.4, 0.5) is 0 Å². The largest absolute Gasteiger partial charge is 0.303 e. The minimum Gasteiger partial charge on any atom is -0.303 e. The van der Waals surface area contributed by atoms with Crippen molar-refractivity contribution in [1.82, 2.24) is 5.32 Å². The Morgan fingerprint density at radius 2 is 1.71 bits per heavy atom. The first-order chi connectivity index (χ1) is 9.79. The SMILES string of the molecule is Cc1ccsc1C(C)NC(C)c1ccc(S(N)(=O)=O)cc1. The molecule has 0 saturated heterocycles. The van der Waals surface area contributed by atoms with Gasteiger partial charge in [0, 0.05) is 17.0 Å². The third kappa shape index (κ3) is 3.91. The van der Waals surface area contributed by atoms with E-state index in [1.54, 1.807) is 35.6 Å². The topological polar surface area (TPSA) is 72.2 Å². The molecule has 0 saturated carbocycles. The van der Waals surface area contributed by atoms with Crippen LogP contribution in [-0.2, 0) is 10.0 Å². The van der Waals surface area contributed by atoms with Crippen molar-refractivity contribution in [1.29, 1.82) is 0 Å². The van der Waals surface area contributed by atoms with Crippen molar-refractivity contribution in [2.75, 3.05) is 0 Å². The van der Waals surface area contributed by atoms with E-state index < -0.39 is 10.0 Å². The van der Waals surface area contributed by atoms with Crippen molar-refractivity contribution >= 4 is 21.4 Å². The van der Waals surface area contributed by atoms with Crippen LogP contribution in [0.1, 0.15) is 41.9 Å². The van der Waals surface area contributed by atoms with E-state index in [0.717, 1.165) is 5.56 Å². The number of primary sulfonamides is 1. The van der Waals surface area contributed by atoms with Gasteiger partial charge in [-0.2, -0.15) is 0 Å². The van der Waals surface area contributed by atoms with Gasteiger partial charge in [0.05, 0.1) is 4.90 Å². The summed E-state index contributed by atoms with van der Waals surface area (Å²) in [5, 5.41) is 10.7. The Hall–Kier alpha value is -1.21. The van der Waals surface area contributed by atoms with Crippen molar-refractivity contribution in [3.8, 4) is 0 Å². The fourth-order valence-electron chi connectivity index (χ4n) is 2.32. The van der Waals surface area contributed by atoms with Gasteiger partial charge in [0.2, 0.25) is 10.0 Å². The molecule has 2 unspecified atom stereocenters. The predicted octanol–water partition coefficient (Wildman–Crippen LogP) is 3.12. The van der Waals surface area contributed by atoms with Gasteiger partial charge in [0.15, 0.2) is 0 Å². The normalized spacial score (nSPS) is 14.9. The van der Waals surface area contributed by atoms with E-state index in [1.807, 2.05) is 0 Å². The zero-order valence-electron chi connectivity index (χ0n) is 12.3. The fourth-order valence-corrected chi connectivity index (χ4v) is 3.78. The zero-order valence-corrected chi connectivity index (χ0v) is 14.0. The molecule has 0 fully saturated rings. The first-order valence-electron chi connectivity index (χ1n) is 6.72. The van der Waals surface area contributed by atoms with Crippen LogP contribution in [0.5, 0.6) is 0 Å². The number of sulfonamides is 1. The molecule has 2 rings (SSSR count). The number of aryl methyl sites for hydroxylation is 1. The lowest BCUT2D eigenvalue weighted by atomic mass is 10.1. The summed E-state index contributed by atoms with van der Waals surface area (Å²) in [6, 6.07) is 9.17. The molecule has 2 aromatic rings. The Labute approximate surface area is 130 Å². The molecule has 0 amide bonds. The lowest BCUT2D eigenvalue weighted by molar-refractivity contribution is 0.498. The zero-order chi connectivity index (χ0) is 15.6. The quantitative estimate of drug-likeness (QED) is 0.887. The first-order valence-corrected chi connectivity index (χ1v) is 9.14. The maximum atomic E-state index is 11.2. The van der Waals surface area contributed by atoms with Gasteiger partial charge in [0.25, 0.3) is 0 Å². The summed E-state index contributed by atoms with van der Waals surface area (Å²) >= 11 is 1.74. The van der Waals surface area contributed by atoms with E-state index in [0.29, 0.717) is 0 Å². The predicted molar refractivity (Wildman–Crippen MR) is 86.8 cm³/mol. The number of benzene rings is 1. The van der Waals surface area contributed by atoms with Crippen LogP contribution < -0.4 is 10.5 Å². The van der Waals surface area contributed by atoms with Crippen molar-refractivity contribution in [3.05, 3.63) is 51.7 Å². The molecule has 114 valence electrons. The lowest BCUT2D eigenvalue weighted by Gasteiger charge is -2.20. The second-order valence-electron chi connectivity index (χ2n) is 5.19. The molecule has 0 aliphatic heterocycles. The van der Waals surface area contributed by atoms with Crippen LogP contribution in [0.2, 0.25) is 0 Å². The van der Waals surface area contributed by atoms with Gasteiger partial charge in [-0.3, -0.25) is 0 Å². The molecule has 3 N–H and O–H groups in total. The fraction of sp³-hybridized carbons (Fsp3) is 0.333. The van der Waals surface area contributed by atoms with Gasteiger partial charge >= 0.3 is 0 Å². The summed E-state index contributed by atoms with van der Waals surface area (Å²) in [6.07, 6.45) is 0. The van der Waals surface area contributed by atoms with E-state index in [9.17, 15) is 8.42 Å². The highest BCUT2D eigenvalue weighted by atomic mass is 32.2. The highest BCUT2D eigenvalue weighted by molar-refractivity contribution is 7.89. The summed E-state index contributed by atoms with van der Waals surface area (Å²) < 4.78 is 22.5. The Balaban J connectivity index is 2.10. The summed E-state index contributed by atoms with van der Waals surface area (Å²) in [4.78, 5) is 1.46. The molecule has 4 nitrogen and oxygen atoms in total. The highest BCUT2D eigenvalue weighted by Gasteiger charge is 2.15. The minimum absolute atomic E-state index is 0.121. The second-order valence-corrected chi connectivity index (χ2v) is 7.70. The summed E-state index contributed by atoms with van der Waals surface area (Å²) in [5.41, 5.74) is 2.32. The van der Waals surface area contributed by atoms with Crippen molar-refractivity contribution in [2.24, 2.45) is 5.14 Å². The van der Waals surface area contributed by atoms with Gasteiger partial charge in [-0.05, 0) is 55.5 Å². The summed E-state index contributed by atoms with van der Waals surface area (Å²) in [6.45, 7) is 6.30. The van der Waals surface area contributed by atoms with Crippen LogP contribution >= 0.6 is 11.3 Å². The number of hydrogen-bond donors (Lipinski definition) is 2. The van der Waals surface area contributed by atoms with Gasteiger partial charge in [-0.15, -0.1) is 11.3 Å². The third-order valence-corrected chi connectivity index (χ3v) is 5.63. The molecule has 21 heavy (non-hydrogen) atoms. The first kappa shape index (κ1) is 16.2. The summed E-state index contributed by atoms with van der Waals surface area (Å²) in [7, 11) is -3.63. The molecule has 0 radical (unpaired) electrons. The molecule has 1 aromatic carbocycles. The smallest absolute Gasteiger partial charge is 0.238 e. The van der Waals surface area contributed by atoms with E-state index >= 15 is 0 Å². The average molecular weight is 324 g/mol. The summed E-state index contributed by atoms with van der Waals surface area (Å²) in [5.74, 6) is 0. The Bertz CT molecular complexity index is 706. The molecular weight excluding hydrogens is 304 g/mol. The van der Waals surface area contributed by atoms with Gasteiger partial charge in [-0.25, -0.2) is 13.6 Å². The maximum absolute atomic E-state index is 11.2. The Morgan fingerprint density at radius 3 is 2.19 bits per heavy atom. The maximum Gasteiger partial charge on any atom is 0.238 e. The Morgan fingerprint density at radius 1 is 1.10 bits per heavy atom. The van der Waals surface area contributed by atoms with Gasteiger partial charge in [0.1, 0.15) is 0 Å². The third-order valence-electron chi connectivity index (χ3n) is 3.50. The van der Waals surface area contributed by atoms with E-state index in [4.69, 9.17) is 5.14 Å². The highest BCUT2D eigenvalue weighted by Crippen LogP contribution is 2.26. The van der Waals surface area contributed by atoms with Crippen LogP contribution in [0.15, 0.2) is 40.6 Å². The van der Waals surface area contributed by atoms with E-state index in [-0.39, 0.29) is 17.0 Å². The number of rotatable bonds is 5. The van der Waals surface area contributed by atoms with Crippen LogP contribution in [0, 0.1) is 6.92 Å². The van der Waals surface area contributed by atoms with Crippen molar-refractivity contribution < 1.29 is 8.42 Å². The molecule has 2 atom stereocenters. The van der Waals surface area contributed by atoms with Crippen LogP contribution in [-0.4, -0.2) is 8.42 Å². The van der Waals surface area contributed by atoms with Crippen molar-refractivity contribution in [3.63, 3.8) is 0 Å². The number of nitrogens with one attached hydrogen (secondary N) is 1. The molecule has 1 aromatic heterocycles. The Kier molecular flexibility index (Phi) is 4.83. The van der Waals surface area contributed by atoms with Gasteiger partial charge < -0.3 is 5.32 Å². The van der Waals surface area contributed by atoms with Gasteiger partial charge in [-0.1, -0.05) is 12.1 Å². The molecule has 1 heterocycles. The average Bonchev–Trinajstić information content (AvgIpc) is 2.84. The number of nitrogens with two attached hydrogens (primary N) is 1. The van der Waals surface area contributed by atoms with Crippen LogP contribution in [0.25, 0.3) is 0 Å². The van der Waals surface area contributed by atoms with E-state index in [2.05, 4.69) is 37.5 Å². The van der Waals surface area contributed by atoms with Crippen molar-refractivity contribution in [2.45, 2.75) is 37.8 Å². The number of hydrogen-bond acceptors (Lipinski definition) is 4. The molecule has 0 aliphatic carbocycles. The second kappa shape index (κ2) is 6.27. The lowest BCUT2D eigenvalue weighted by Crippen LogP contribution is -2.22. The van der Waals surface area contributed by atoms with Crippen LogP contribution in [0.3, 0.4) is 0 Å². The standard InChI is InChI=1S/C15H20N2O2S2/c1-10-8-9-20-15(10)12(3)17-11(2)13-4-6-14(7-5-13)21(16,18)19/h4-9,11-12,17H,1-3H3,(H2,16,18,19). The number of thiophene rings is 1. The molecule has 0 spiro atoms. The molecular formula is C15H20N2O2S2. The molecule has 0 aliphatic rings. The minimum atomic E-state index is -3.63. The molecule has 0 bridgehead atoms. The van der Waals surface area contributed by atoms with E-state index in [1.165, 1.54) is 10.4 Å². The molecule has 6 heteroatoms. The monoisotopic (exact) mass is 324 g/mol.